The first-order chi connectivity index (χ1) is 9.04. The lowest BCUT2D eigenvalue weighted by atomic mass is 10.1. The number of nitrogens with one attached hydrogen (secondary N) is 1. The minimum Gasteiger partial charge on any atom is -0.493 e. The van der Waals surface area contributed by atoms with Gasteiger partial charge in [0.1, 0.15) is 0 Å². The first kappa shape index (κ1) is 13.3. The Morgan fingerprint density at radius 3 is 2.16 bits per heavy atom. The standard InChI is InChI=1S/C14H17NO4/c1-7-8(2)15-9-6-10(17-3)13(18-4)14(19-5)11(9)12(7)16/h6H,1-5H3,(H,15,16). The Bertz CT molecular complexity index is 688. The van der Waals surface area contributed by atoms with Crippen LogP contribution < -0.4 is 19.6 Å². The van der Waals surface area contributed by atoms with Crippen molar-refractivity contribution in [3.05, 3.63) is 27.5 Å². The SMILES string of the molecule is COc1cc2[nH]c(C)c(C)c(=O)c2c(OC)c1OC. The second kappa shape index (κ2) is 4.84. The van der Waals surface area contributed by atoms with Crippen molar-refractivity contribution >= 4 is 10.9 Å². The van der Waals surface area contributed by atoms with E-state index >= 15 is 0 Å². The number of aromatic amines is 1. The lowest BCUT2D eigenvalue weighted by molar-refractivity contribution is 0.327. The predicted molar refractivity (Wildman–Crippen MR) is 73.7 cm³/mol. The van der Waals surface area contributed by atoms with Crippen molar-refractivity contribution in [1.29, 1.82) is 0 Å². The molecule has 0 saturated heterocycles. The molecule has 0 atom stereocenters. The second-order valence-electron chi connectivity index (χ2n) is 4.27. The quantitative estimate of drug-likeness (QED) is 0.922. The Hall–Kier alpha value is -2.17. The summed E-state index contributed by atoms with van der Waals surface area (Å²) in [6, 6.07) is 1.74. The van der Waals surface area contributed by atoms with Crippen LogP contribution in [-0.4, -0.2) is 26.3 Å². The highest BCUT2D eigenvalue weighted by Gasteiger charge is 2.19. The van der Waals surface area contributed by atoms with Gasteiger partial charge in [0.05, 0.1) is 32.2 Å². The van der Waals surface area contributed by atoms with Gasteiger partial charge in [0.15, 0.2) is 16.9 Å². The smallest absolute Gasteiger partial charge is 0.204 e. The fourth-order valence-electron chi connectivity index (χ4n) is 2.13. The third-order valence-corrected chi connectivity index (χ3v) is 3.28. The van der Waals surface area contributed by atoms with E-state index in [4.69, 9.17) is 14.2 Å². The zero-order valence-corrected chi connectivity index (χ0v) is 11.7. The van der Waals surface area contributed by atoms with Gasteiger partial charge in [-0.25, -0.2) is 0 Å². The van der Waals surface area contributed by atoms with E-state index in [0.717, 1.165) is 5.69 Å². The Labute approximate surface area is 111 Å². The fraction of sp³-hybridized carbons (Fsp3) is 0.357. The van der Waals surface area contributed by atoms with E-state index in [1.807, 2.05) is 6.92 Å². The summed E-state index contributed by atoms with van der Waals surface area (Å²) in [6.07, 6.45) is 0. The molecule has 1 aromatic heterocycles. The molecule has 0 bridgehead atoms. The average Bonchev–Trinajstić information content (AvgIpc) is 2.42. The molecule has 19 heavy (non-hydrogen) atoms. The highest BCUT2D eigenvalue weighted by molar-refractivity contribution is 5.91. The number of pyridine rings is 1. The zero-order valence-electron chi connectivity index (χ0n) is 11.7. The van der Waals surface area contributed by atoms with Crippen LogP contribution in [0.3, 0.4) is 0 Å². The van der Waals surface area contributed by atoms with E-state index in [-0.39, 0.29) is 5.43 Å². The Balaban J connectivity index is 3.02. The van der Waals surface area contributed by atoms with Crippen LogP contribution in [0.25, 0.3) is 10.9 Å². The van der Waals surface area contributed by atoms with Crippen molar-refractivity contribution < 1.29 is 14.2 Å². The molecule has 0 fully saturated rings. The minimum atomic E-state index is -0.0657. The maximum absolute atomic E-state index is 12.4. The molecule has 102 valence electrons. The Kier molecular flexibility index (Phi) is 3.38. The molecule has 0 amide bonds. The molecule has 0 saturated carbocycles. The van der Waals surface area contributed by atoms with Crippen LogP contribution in [0.15, 0.2) is 10.9 Å². The Morgan fingerprint density at radius 1 is 1.00 bits per heavy atom. The molecular weight excluding hydrogens is 246 g/mol. The molecule has 0 spiro atoms. The van der Waals surface area contributed by atoms with Gasteiger partial charge < -0.3 is 19.2 Å². The molecule has 5 nitrogen and oxygen atoms in total. The number of methoxy groups -OCH3 is 3. The molecule has 2 rings (SSSR count). The topological polar surface area (TPSA) is 60.6 Å². The number of fused-ring (bicyclic) bond motifs is 1. The molecule has 0 radical (unpaired) electrons. The number of benzene rings is 1. The van der Waals surface area contributed by atoms with Crippen molar-refractivity contribution in [3.8, 4) is 17.2 Å². The number of ether oxygens (including phenoxy) is 3. The van der Waals surface area contributed by atoms with Gasteiger partial charge in [0.25, 0.3) is 0 Å². The van der Waals surface area contributed by atoms with Crippen LogP contribution in [0.1, 0.15) is 11.3 Å². The van der Waals surface area contributed by atoms with Crippen molar-refractivity contribution in [2.45, 2.75) is 13.8 Å². The van der Waals surface area contributed by atoms with E-state index in [0.29, 0.717) is 33.7 Å². The maximum Gasteiger partial charge on any atom is 0.204 e. The number of rotatable bonds is 3. The van der Waals surface area contributed by atoms with Gasteiger partial charge in [-0.15, -0.1) is 0 Å². The second-order valence-corrected chi connectivity index (χ2v) is 4.27. The largest absolute Gasteiger partial charge is 0.493 e. The molecule has 0 aliphatic rings. The summed E-state index contributed by atoms with van der Waals surface area (Å²) < 4.78 is 15.9. The normalized spacial score (nSPS) is 10.6. The van der Waals surface area contributed by atoms with Gasteiger partial charge >= 0.3 is 0 Å². The van der Waals surface area contributed by atoms with Gasteiger partial charge in [0, 0.05) is 17.3 Å². The highest BCUT2D eigenvalue weighted by atomic mass is 16.5. The zero-order chi connectivity index (χ0) is 14.2. The molecule has 1 aromatic carbocycles. The van der Waals surface area contributed by atoms with Crippen molar-refractivity contribution in [3.63, 3.8) is 0 Å². The van der Waals surface area contributed by atoms with E-state index in [9.17, 15) is 4.79 Å². The first-order valence-electron chi connectivity index (χ1n) is 5.87. The maximum atomic E-state index is 12.4. The number of H-pyrrole nitrogens is 1. The number of hydrogen-bond acceptors (Lipinski definition) is 4. The van der Waals surface area contributed by atoms with E-state index < -0.39 is 0 Å². The molecule has 1 N–H and O–H groups in total. The third-order valence-electron chi connectivity index (χ3n) is 3.28. The lowest BCUT2D eigenvalue weighted by Crippen LogP contribution is -2.11. The molecule has 0 unspecified atom stereocenters. The summed E-state index contributed by atoms with van der Waals surface area (Å²) >= 11 is 0. The average molecular weight is 263 g/mol. The van der Waals surface area contributed by atoms with Gasteiger partial charge in [-0.05, 0) is 13.8 Å². The summed E-state index contributed by atoms with van der Waals surface area (Å²) in [4.78, 5) is 15.6. The number of aryl methyl sites for hydroxylation is 1. The van der Waals surface area contributed by atoms with Crippen molar-refractivity contribution in [2.24, 2.45) is 0 Å². The van der Waals surface area contributed by atoms with Crippen LogP contribution in [0, 0.1) is 13.8 Å². The number of hydrogen-bond donors (Lipinski definition) is 1. The van der Waals surface area contributed by atoms with Crippen LogP contribution >= 0.6 is 0 Å². The van der Waals surface area contributed by atoms with Crippen molar-refractivity contribution in [2.75, 3.05) is 21.3 Å². The summed E-state index contributed by atoms with van der Waals surface area (Å²) in [5.74, 6) is 1.33. The highest BCUT2D eigenvalue weighted by Crippen LogP contribution is 2.41. The van der Waals surface area contributed by atoms with Gasteiger partial charge in [-0.3, -0.25) is 4.79 Å². The molecule has 0 aliphatic carbocycles. The summed E-state index contributed by atoms with van der Waals surface area (Å²) in [7, 11) is 4.56. The molecule has 1 heterocycles. The van der Waals surface area contributed by atoms with Crippen LogP contribution in [0.2, 0.25) is 0 Å². The minimum absolute atomic E-state index is 0.0657. The van der Waals surface area contributed by atoms with E-state index in [2.05, 4.69) is 4.98 Å². The van der Waals surface area contributed by atoms with Gasteiger partial charge in [-0.2, -0.15) is 0 Å². The first-order valence-corrected chi connectivity index (χ1v) is 5.87. The summed E-state index contributed by atoms with van der Waals surface area (Å²) in [6.45, 7) is 3.64. The molecular formula is C14H17NO4. The van der Waals surface area contributed by atoms with E-state index in [1.165, 1.54) is 14.2 Å². The fourth-order valence-corrected chi connectivity index (χ4v) is 2.13. The van der Waals surface area contributed by atoms with Gasteiger partial charge in [-0.1, -0.05) is 0 Å². The molecule has 0 aliphatic heterocycles. The van der Waals surface area contributed by atoms with Crippen LogP contribution in [0.5, 0.6) is 17.2 Å². The monoisotopic (exact) mass is 263 g/mol. The van der Waals surface area contributed by atoms with Crippen molar-refractivity contribution in [1.82, 2.24) is 4.98 Å². The number of aromatic nitrogens is 1. The van der Waals surface area contributed by atoms with Crippen LogP contribution in [-0.2, 0) is 0 Å². The summed E-state index contributed by atoms with van der Waals surface area (Å²) in [5.41, 5.74) is 2.09. The van der Waals surface area contributed by atoms with E-state index in [1.54, 1.807) is 20.1 Å². The lowest BCUT2D eigenvalue weighted by Gasteiger charge is -2.15. The molecule has 5 heteroatoms. The summed E-state index contributed by atoms with van der Waals surface area (Å²) in [5, 5.41) is 0.475. The Morgan fingerprint density at radius 2 is 1.63 bits per heavy atom. The van der Waals surface area contributed by atoms with Gasteiger partial charge in [0.2, 0.25) is 5.75 Å². The molecule has 2 aromatic rings. The van der Waals surface area contributed by atoms with Crippen LogP contribution in [0.4, 0.5) is 0 Å². The predicted octanol–water partition coefficient (Wildman–Crippen LogP) is 2.17. The third kappa shape index (κ3) is 1.91.